The summed E-state index contributed by atoms with van der Waals surface area (Å²) in [6.45, 7) is 4.01. The standard InChI is InChI=1S/C26H21Cl2N2/c1-17(19-7-3-4-8-19)29-25-13-11-21(15-23(25)27)22-12-14-26(24(28)16-22)30-18(2)20-9-5-6-10-20/h3-9,11-16,19-20H,1-2H3/q+1. The van der Waals surface area contributed by atoms with Crippen molar-refractivity contribution in [2.45, 2.75) is 13.8 Å². The monoisotopic (exact) mass is 431 g/mol. The van der Waals surface area contributed by atoms with E-state index in [-0.39, 0.29) is 11.8 Å². The molecule has 0 heterocycles. The fraction of sp³-hybridized carbons (Fsp3) is 0.154. The average Bonchev–Trinajstić information content (AvgIpc) is 3.45. The molecule has 2 nitrogen and oxygen atoms in total. The first kappa shape index (κ1) is 20.5. The molecule has 2 aliphatic carbocycles. The van der Waals surface area contributed by atoms with Crippen LogP contribution in [0.5, 0.6) is 0 Å². The van der Waals surface area contributed by atoms with Crippen molar-refractivity contribution in [1.82, 2.24) is 0 Å². The summed E-state index contributed by atoms with van der Waals surface area (Å²) in [6.07, 6.45) is 17.5. The van der Waals surface area contributed by atoms with Gasteiger partial charge in [-0.1, -0.05) is 59.6 Å². The van der Waals surface area contributed by atoms with E-state index in [1.54, 1.807) is 0 Å². The molecule has 1 atom stereocenters. The fourth-order valence-electron chi connectivity index (χ4n) is 3.43. The fourth-order valence-corrected chi connectivity index (χ4v) is 3.88. The highest BCUT2D eigenvalue weighted by Crippen LogP contribution is 2.35. The Morgan fingerprint density at radius 2 is 1.33 bits per heavy atom. The molecule has 0 amide bonds. The van der Waals surface area contributed by atoms with Gasteiger partial charge in [-0.3, -0.25) is 9.98 Å². The van der Waals surface area contributed by atoms with Gasteiger partial charge in [0.2, 0.25) is 0 Å². The summed E-state index contributed by atoms with van der Waals surface area (Å²) >= 11 is 13.0. The number of nitrogens with zero attached hydrogens (tertiary/aromatic N) is 2. The Kier molecular flexibility index (Phi) is 6.11. The topological polar surface area (TPSA) is 24.7 Å². The lowest BCUT2D eigenvalue weighted by atomic mass is 10.0. The van der Waals surface area contributed by atoms with E-state index in [1.807, 2.05) is 74.5 Å². The van der Waals surface area contributed by atoms with E-state index < -0.39 is 0 Å². The highest BCUT2D eigenvalue weighted by molar-refractivity contribution is 6.34. The molecule has 2 aromatic carbocycles. The number of hydrogen-bond acceptors (Lipinski definition) is 2. The van der Waals surface area contributed by atoms with E-state index in [0.717, 1.165) is 33.9 Å². The van der Waals surface area contributed by atoms with Gasteiger partial charge >= 0.3 is 0 Å². The maximum atomic E-state index is 6.53. The zero-order valence-corrected chi connectivity index (χ0v) is 18.3. The number of halogens is 2. The molecule has 0 spiro atoms. The lowest BCUT2D eigenvalue weighted by molar-refractivity contribution is 1.11. The minimum atomic E-state index is 0.117. The molecule has 0 fully saturated rings. The number of rotatable bonds is 5. The lowest BCUT2D eigenvalue weighted by Crippen LogP contribution is -2.03. The number of hydrogen-bond donors (Lipinski definition) is 0. The molecule has 0 saturated carbocycles. The van der Waals surface area contributed by atoms with Gasteiger partial charge in [0.05, 0.1) is 39.3 Å². The maximum Gasteiger partial charge on any atom is 0.171 e. The Morgan fingerprint density at radius 3 is 1.83 bits per heavy atom. The third kappa shape index (κ3) is 4.52. The van der Waals surface area contributed by atoms with Crippen LogP contribution in [0.15, 0.2) is 88.9 Å². The van der Waals surface area contributed by atoms with E-state index in [9.17, 15) is 0 Å². The molecule has 2 aliphatic rings. The highest BCUT2D eigenvalue weighted by atomic mass is 35.5. The molecule has 0 N–H and O–H groups in total. The molecule has 4 rings (SSSR count). The van der Waals surface area contributed by atoms with Crippen molar-refractivity contribution >= 4 is 46.0 Å². The van der Waals surface area contributed by atoms with Gasteiger partial charge in [0.25, 0.3) is 0 Å². The van der Waals surface area contributed by atoms with Gasteiger partial charge in [0.1, 0.15) is 0 Å². The third-order valence-electron chi connectivity index (χ3n) is 5.18. The maximum absolute atomic E-state index is 6.53. The van der Waals surface area contributed by atoms with Gasteiger partial charge in [-0.15, -0.1) is 0 Å². The van der Waals surface area contributed by atoms with Crippen molar-refractivity contribution in [1.29, 1.82) is 0 Å². The second-order valence-electron chi connectivity index (χ2n) is 7.33. The quantitative estimate of drug-likeness (QED) is 0.337. The molecule has 1 unspecified atom stereocenters. The summed E-state index contributed by atoms with van der Waals surface area (Å²) in [5, 5.41) is 1.22. The van der Waals surface area contributed by atoms with Crippen LogP contribution in [0, 0.1) is 17.9 Å². The number of allylic oxidation sites excluding steroid dienone is 8. The van der Waals surface area contributed by atoms with Crippen molar-refractivity contribution in [3.05, 3.63) is 95.1 Å². The summed E-state index contributed by atoms with van der Waals surface area (Å²) in [4.78, 5) is 9.38. The van der Waals surface area contributed by atoms with Crippen LogP contribution in [0.1, 0.15) is 13.8 Å². The molecule has 0 bridgehead atoms. The van der Waals surface area contributed by atoms with Gasteiger partial charge in [-0.05, 0) is 49.2 Å². The third-order valence-corrected chi connectivity index (χ3v) is 5.78. The summed E-state index contributed by atoms with van der Waals surface area (Å²) in [7, 11) is 0. The largest absolute Gasteiger partial charge is 0.256 e. The van der Waals surface area contributed by atoms with E-state index in [0.29, 0.717) is 10.0 Å². The van der Waals surface area contributed by atoms with E-state index in [1.165, 1.54) is 0 Å². The van der Waals surface area contributed by atoms with Crippen LogP contribution in [0.25, 0.3) is 11.1 Å². The van der Waals surface area contributed by atoms with Crippen molar-refractivity contribution in [2.24, 2.45) is 21.8 Å². The van der Waals surface area contributed by atoms with E-state index in [2.05, 4.69) is 29.3 Å². The molecule has 0 aliphatic heterocycles. The second-order valence-corrected chi connectivity index (χ2v) is 8.14. The minimum absolute atomic E-state index is 0.117. The first-order chi connectivity index (χ1) is 14.5. The summed E-state index contributed by atoms with van der Waals surface area (Å²) < 4.78 is 0. The minimum Gasteiger partial charge on any atom is -0.256 e. The molecule has 148 valence electrons. The molecular formula is C26H21Cl2N2+. The molecule has 0 saturated heterocycles. The normalized spacial score (nSPS) is 18.5. The van der Waals surface area contributed by atoms with Crippen LogP contribution in [0.3, 0.4) is 0 Å². The second kappa shape index (κ2) is 8.93. The number of aliphatic imine (C=N–C) groups is 2. The van der Waals surface area contributed by atoms with Crippen LogP contribution < -0.4 is 0 Å². The first-order valence-electron chi connectivity index (χ1n) is 9.82. The molecule has 2 aromatic rings. The molecule has 30 heavy (non-hydrogen) atoms. The van der Waals surface area contributed by atoms with Gasteiger partial charge in [0.15, 0.2) is 12.0 Å². The Balaban J connectivity index is 1.57. The smallest absolute Gasteiger partial charge is 0.171 e. The Morgan fingerprint density at radius 1 is 0.767 bits per heavy atom. The van der Waals surface area contributed by atoms with Crippen LogP contribution in [0.4, 0.5) is 11.4 Å². The van der Waals surface area contributed by atoms with E-state index in [4.69, 9.17) is 28.2 Å². The predicted molar refractivity (Wildman–Crippen MR) is 130 cm³/mol. The molecule has 0 radical (unpaired) electrons. The highest BCUT2D eigenvalue weighted by Gasteiger charge is 2.17. The van der Waals surface area contributed by atoms with Crippen molar-refractivity contribution in [3.8, 4) is 11.1 Å². The molecule has 0 aromatic heterocycles. The zero-order chi connectivity index (χ0) is 21.1. The Bertz CT molecular complexity index is 1030. The molecular weight excluding hydrogens is 411 g/mol. The van der Waals surface area contributed by atoms with Crippen LogP contribution in [-0.4, -0.2) is 11.4 Å². The van der Waals surface area contributed by atoms with Gasteiger partial charge in [0, 0.05) is 17.7 Å². The lowest BCUT2D eigenvalue weighted by Gasteiger charge is -2.09. The average molecular weight is 432 g/mol. The van der Waals surface area contributed by atoms with Crippen molar-refractivity contribution in [3.63, 3.8) is 0 Å². The Labute approximate surface area is 187 Å². The Hall–Kier alpha value is -2.77. The van der Waals surface area contributed by atoms with Crippen LogP contribution in [0.2, 0.25) is 10.0 Å². The van der Waals surface area contributed by atoms with Crippen molar-refractivity contribution < 1.29 is 0 Å². The SMILES string of the molecule is CC(=Nc1ccc(-c2ccc(N=C(C)C3C=CC=C3)c(Cl)c2)cc1Cl)C1[C+]=CC=C1. The zero-order valence-electron chi connectivity index (χ0n) is 16.8. The number of benzene rings is 2. The van der Waals surface area contributed by atoms with Crippen molar-refractivity contribution in [2.75, 3.05) is 0 Å². The summed E-state index contributed by atoms with van der Waals surface area (Å²) in [6, 6.07) is 11.8. The van der Waals surface area contributed by atoms with Gasteiger partial charge in [-0.2, -0.15) is 0 Å². The molecule has 4 heteroatoms. The van der Waals surface area contributed by atoms with Gasteiger partial charge in [-0.25, -0.2) is 0 Å². The summed E-state index contributed by atoms with van der Waals surface area (Å²) in [5.74, 6) is 0.357. The van der Waals surface area contributed by atoms with Gasteiger partial charge < -0.3 is 0 Å². The summed E-state index contributed by atoms with van der Waals surface area (Å²) in [5.41, 5.74) is 5.46. The predicted octanol–water partition coefficient (Wildman–Crippen LogP) is 8.13. The van der Waals surface area contributed by atoms with Crippen LogP contribution >= 0.6 is 23.2 Å². The van der Waals surface area contributed by atoms with Crippen LogP contribution in [-0.2, 0) is 0 Å². The first-order valence-corrected chi connectivity index (χ1v) is 10.6. The van der Waals surface area contributed by atoms with E-state index >= 15 is 0 Å².